The van der Waals surface area contributed by atoms with E-state index in [2.05, 4.69) is 15.5 Å². The smallest absolute Gasteiger partial charge is 0.225 e. The largest absolute Gasteiger partial charge is 0.333 e. The molecule has 0 bridgehead atoms. The maximum atomic E-state index is 12.6. The summed E-state index contributed by atoms with van der Waals surface area (Å²) < 4.78 is 1.85. The van der Waals surface area contributed by atoms with E-state index in [1.165, 1.54) is 6.42 Å². The number of carbonyl (C=O) groups excluding carboxylic acids is 1. The summed E-state index contributed by atoms with van der Waals surface area (Å²) in [6, 6.07) is 0.166. The second-order valence-electron chi connectivity index (χ2n) is 5.96. The van der Waals surface area contributed by atoms with Gasteiger partial charge in [0.05, 0.1) is 12.2 Å². The summed E-state index contributed by atoms with van der Waals surface area (Å²) in [6.07, 6.45) is 7.60. The van der Waals surface area contributed by atoms with Crippen molar-refractivity contribution in [3.63, 3.8) is 0 Å². The minimum absolute atomic E-state index is 0.166. The van der Waals surface area contributed by atoms with Gasteiger partial charge in [-0.1, -0.05) is 0 Å². The molecule has 0 spiro atoms. The van der Waals surface area contributed by atoms with Crippen molar-refractivity contribution in [2.24, 2.45) is 0 Å². The van der Waals surface area contributed by atoms with Gasteiger partial charge in [0.1, 0.15) is 5.01 Å². The zero-order valence-electron chi connectivity index (χ0n) is 13.2. The minimum Gasteiger partial charge on any atom is -0.333 e. The van der Waals surface area contributed by atoms with E-state index < -0.39 is 0 Å². The molecule has 1 atom stereocenters. The van der Waals surface area contributed by atoms with Crippen LogP contribution >= 0.6 is 11.3 Å². The van der Waals surface area contributed by atoms with E-state index in [1.54, 1.807) is 11.3 Å². The Bertz CT molecular complexity index is 648. The zero-order valence-corrected chi connectivity index (χ0v) is 14.0. The molecule has 6 heteroatoms. The van der Waals surface area contributed by atoms with Crippen LogP contribution in [0.3, 0.4) is 0 Å². The number of hydrogen-bond acceptors (Lipinski definition) is 4. The Morgan fingerprint density at radius 1 is 1.41 bits per heavy atom. The molecule has 2 aromatic heterocycles. The number of hydrogen-bond donors (Lipinski definition) is 0. The van der Waals surface area contributed by atoms with Gasteiger partial charge in [0.2, 0.25) is 5.91 Å². The standard InChI is InChI=1S/C16H22N4OS/c1-12-9-17-19(10-12)8-6-15(21)20-7-4-3-5-14(20)16-18-13(2)11-22-16/h9-11,14H,3-8H2,1-2H3/t14-/m1/s1. The van der Waals surface area contributed by atoms with Gasteiger partial charge >= 0.3 is 0 Å². The highest BCUT2D eigenvalue weighted by atomic mass is 32.1. The molecule has 1 amide bonds. The Morgan fingerprint density at radius 3 is 2.95 bits per heavy atom. The third kappa shape index (κ3) is 3.38. The maximum Gasteiger partial charge on any atom is 0.225 e. The highest BCUT2D eigenvalue weighted by molar-refractivity contribution is 7.09. The molecule has 0 saturated carbocycles. The van der Waals surface area contributed by atoms with Gasteiger partial charge < -0.3 is 4.90 Å². The van der Waals surface area contributed by atoms with Gasteiger partial charge in [0, 0.05) is 36.8 Å². The van der Waals surface area contributed by atoms with Crippen LogP contribution in [0.25, 0.3) is 0 Å². The molecular weight excluding hydrogens is 296 g/mol. The number of likely N-dealkylation sites (tertiary alicyclic amines) is 1. The summed E-state index contributed by atoms with van der Waals surface area (Å²) in [6.45, 7) is 5.51. The first-order chi connectivity index (χ1) is 10.6. The van der Waals surface area contributed by atoms with E-state index in [-0.39, 0.29) is 11.9 Å². The predicted octanol–water partition coefficient (Wildman–Crippen LogP) is 3.10. The van der Waals surface area contributed by atoms with Crippen LogP contribution in [0.2, 0.25) is 0 Å². The Morgan fingerprint density at radius 2 is 2.27 bits per heavy atom. The van der Waals surface area contributed by atoms with Crippen molar-refractivity contribution in [3.8, 4) is 0 Å². The summed E-state index contributed by atoms with van der Waals surface area (Å²) in [5, 5.41) is 7.40. The lowest BCUT2D eigenvalue weighted by Gasteiger charge is -2.34. The first-order valence-electron chi connectivity index (χ1n) is 7.84. The summed E-state index contributed by atoms with van der Waals surface area (Å²) in [5.41, 5.74) is 2.17. The Kier molecular flexibility index (Phi) is 4.57. The molecule has 118 valence electrons. The number of rotatable bonds is 4. The SMILES string of the molecule is Cc1cnn(CCC(=O)N2CCCC[C@@H]2c2nc(C)cs2)c1. The minimum atomic E-state index is 0.166. The van der Waals surface area contributed by atoms with Crippen LogP contribution in [0.1, 0.15) is 48.0 Å². The van der Waals surface area contributed by atoms with Crippen molar-refractivity contribution in [2.45, 2.75) is 52.1 Å². The van der Waals surface area contributed by atoms with Crippen molar-refractivity contribution in [1.29, 1.82) is 0 Å². The fraction of sp³-hybridized carbons (Fsp3) is 0.562. The number of thiazole rings is 1. The highest BCUT2D eigenvalue weighted by Crippen LogP contribution is 2.33. The monoisotopic (exact) mass is 318 g/mol. The van der Waals surface area contributed by atoms with Crippen LogP contribution in [0.5, 0.6) is 0 Å². The number of aryl methyl sites for hydroxylation is 3. The third-order valence-corrected chi connectivity index (χ3v) is 5.13. The number of amides is 1. The summed E-state index contributed by atoms with van der Waals surface area (Å²) >= 11 is 1.67. The van der Waals surface area contributed by atoms with Crippen LogP contribution in [0, 0.1) is 13.8 Å². The van der Waals surface area contributed by atoms with E-state index in [0.29, 0.717) is 13.0 Å². The van der Waals surface area contributed by atoms with Gasteiger partial charge in [0.25, 0.3) is 0 Å². The first-order valence-corrected chi connectivity index (χ1v) is 8.72. The van der Waals surface area contributed by atoms with Crippen molar-refractivity contribution < 1.29 is 4.79 Å². The predicted molar refractivity (Wildman–Crippen MR) is 86.7 cm³/mol. The highest BCUT2D eigenvalue weighted by Gasteiger charge is 2.29. The normalized spacial score (nSPS) is 18.6. The Balaban J connectivity index is 1.66. The topological polar surface area (TPSA) is 51.0 Å². The van der Waals surface area contributed by atoms with Crippen LogP contribution in [-0.2, 0) is 11.3 Å². The van der Waals surface area contributed by atoms with Gasteiger partial charge in [-0.2, -0.15) is 5.10 Å². The lowest BCUT2D eigenvalue weighted by molar-refractivity contribution is -0.135. The quantitative estimate of drug-likeness (QED) is 0.870. The maximum absolute atomic E-state index is 12.6. The molecule has 2 aromatic rings. The summed E-state index contributed by atoms with van der Waals surface area (Å²) in [7, 11) is 0. The second-order valence-corrected chi connectivity index (χ2v) is 6.85. The molecule has 0 unspecified atom stereocenters. The van der Waals surface area contributed by atoms with E-state index in [4.69, 9.17) is 0 Å². The van der Waals surface area contributed by atoms with Gasteiger partial charge in [-0.15, -0.1) is 11.3 Å². The molecule has 22 heavy (non-hydrogen) atoms. The summed E-state index contributed by atoms with van der Waals surface area (Å²) in [5.74, 6) is 0.214. The third-order valence-electron chi connectivity index (χ3n) is 4.06. The van der Waals surface area contributed by atoms with E-state index >= 15 is 0 Å². The van der Waals surface area contributed by atoms with Gasteiger partial charge in [-0.05, 0) is 38.7 Å². The summed E-state index contributed by atoms with van der Waals surface area (Å²) in [4.78, 5) is 19.3. The number of aromatic nitrogens is 3. The molecule has 0 aromatic carbocycles. The fourth-order valence-corrected chi connectivity index (χ4v) is 3.90. The fourth-order valence-electron chi connectivity index (χ4n) is 2.96. The van der Waals surface area contributed by atoms with Gasteiger partial charge in [-0.25, -0.2) is 4.98 Å². The first kappa shape index (κ1) is 15.2. The Hall–Kier alpha value is -1.69. The van der Waals surface area contributed by atoms with Crippen LogP contribution in [0.15, 0.2) is 17.8 Å². The number of piperidine rings is 1. The molecule has 3 rings (SSSR count). The number of carbonyl (C=O) groups is 1. The van der Waals surface area contributed by atoms with E-state index in [0.717, 1.165) is 35.7 Å². The molecule has 1 saturated heterocycles. The van der Waals surface area contributed by atoms with Gasteiger partial charge in [-0.3, -0.25) is 9.48 Å². The lowest BCUT2D eigenvalue weighted by Crippen LogP contribution is -2.38. The van der Waals surface area contributed by atoms with Crippen molar-refractivity contribution in [2.75, 3.05) is 6.54 Å². The molecule has 1 aliphatic rings. The van der Waals surface area contributed by atoms with Crippen molar-refractivity contribution >= 4 is 17.2 Å². The number of nitrogens with zero attached hydrogens (tertiary/aromatic N) is 4. The molecule has 0 aliphatic carbocycles. The average Bonchev–Trinajstić information content (AvgIpc) is 3.13. The van der Waals surface area contributed by atoms with Crippen molar-refractivity contribution in [3.05, 3.63) is 34.0 Å². The van der Waals surface area contributed by atoms with E-state index in [9.17, 15) is 4.79 Å². The Labute approximate surface area is 135 Å². The van der Waals surface area contributed by atoms with Crippen LogP contribution in [0.4, 0.5) is 0 Å². The molecule has 1 fully saturated rings. The van der Waals surface area contributed by atoms with Crippen LogP contribution < -0.4 is 0 Å². The molecule has 3 heterocycles. The van der Waals surface area contributed by atoms with Gasteiger partial charge in [0.15, 0.2) is 0 Å². The second kappa shape index (κ2) is 6.60. The zero-order chi connectivity index (χ0) is 15.5. The molecule has 1 aliphatic heterocycles. The molecule has 5 nitrogen and oxygen atoms in total. The molecular formula is C16H22N4OS. The average molecular weight is 318 g/mol. The molecule has 0 N–H and O–H groups in total. The van der Waals surface area contributed by atoms with E-state index in [1.807, 2.05) is 35.8 Å². The lowest BCUT2D eigenvalue weighted by atomic mass is 10.0. The van der Waals surface area contributed by atoms with Crippen molar-refractivity contribution in [1.82, 2.24) is 19.7 Å². The van der Waals surface area contributed by atoms with Crippen LogP contribution in [-0.4, -0.2) is 32.1 Å². The molecule has 0 radical (unpaired) electrons.